The molecule has 5 heteroatoms. The number of pyridine rings is 1. The molecule has 17 heavy (non-hydrogen) atoms. The molecule has 2 unspecified atom stereocenters. The summed E-state index contributed by atoms with van der Waals surface area (Å²) in [6.45, 7) is -0.0989. The van der Waals surface area contributed by atoms with Gasteiger partial charge in [-0.3, -0.25) is 4.98 Å². The predicted molar refractivity (Wildman–Crippen MR) is 59.9 cm³/mol. The molecule has 1 heterocycles. The van der Waals surface area contributed by atoms with Gasteiger partial charge in [0.05, 0.1) is 5.69 Å². The minimum atomic E-state index is -2.70. The van der Waals surface area contributed by atoms with Crippen LogP contribution in [-0.2, 0) is 6.42 Å². The van der Waals surface area contributed by atoms with E-state index in [1.807, 2.05) is 12.1 Å². The summed E-state index contributed by atoms with van der Waals surface area (Å²) in [5, 5.41) is 12.0. The van der Waals surface area contributed by atoms with Crippen molar-refractivity contribution in [2.24, 2.45) is 0 Å². The molecular weight excluding hydrogens is 226 g/mol. The topological polar surface area (TPSA) is 45.1 Å². The molecule has 1 aliphatic rings. The molecule has 0 amide bonds. The van der Waals surface area contributed by atoms with E-state index in [9.17, 15) is 8.78 Å². The van der Waals surface area contributed by atoms with Crippen molar-refractivity contribution in [1.29, 1.82) is 0 Å². The van der Waals surface area contributed by atoms with Crippen LogP contribution in [0.5, 0.6) is 0 Å². The molecule has 0 aliphatic heterocycles. The van der Waals surface area contributed by atoms with E-state index in [4.69, 9.17) is 5.11 Å². The quantitative estimate of drug-likeness (QED) is 0.844. The second kappa shape index (κ2) is 5.51. The molecule has 0 fully saturated rings. The number of aliphatic hydroxyl groups excluding tert-OH is 1. The maximum atomic E-state index is 12.2. The van der Waals surface area contributed by atoms with Crippen LogP contribution in [0.4, 0.5) is 8.78 Å². The molecule has 0 spiro atoms. The average Bonchev–Trinajstić information content (AvgIpc) is 2.35. The summed E-state index contributed by atoms with van der Waals surface area (Å²) < 4.78 is 24.3. The monoisotopic (exact) mass is 242 g/mol. The molecule has 94 valence electrons. The van der Waals surface area contributed by atoms with Crippen LogP contribution in [0.15, 0.2) is 18.3 Å². The molecule has 0 aromatic carbocycles. The molecule has 0 radical (unpaired) electrons. The van der Waals surface area contributed by atoms with Crippen LogP contribution in [0.25, 0.3) is 0 Å². The van der Waals surface area contributed by atoms with E-state index < -0.39 is 12.5 Å². The van der Waals surface area contributed by atoms with Gasteiger partial charge in [0, 0.05) is 18.8 Å². The normalized spacial score (nSPS) is 21.3. The van der Waals surface area contributed by atoms with Crippen molar-refractivity contribution >= 4 is 0 Å². The van der Waals surface area contributed by atoms with Gasteiger partial charge in [-0.25, -0.2) is 8.78 Å². The molecule has 0 saturated carbocycles. The van der Waals surface area contributed by atoms with Crippen molar-refractivity contribution < 1.29 is 13.9 Å². The van der Waals surface area contributed by atoms with Gasteiger partial charge in [-0.2, -0.15) is 0 Å². The summed E-state index contributed by atoms with van der Waals surface area (Å²) in [5.74, 6) is 0. The van der Waals surface area contributed by atoms with Crippen molar-refractivity contribution in [1.82, 2.24) is 10.3 Å². The molecule has 0 bridgehead atoms. The van der Waals surface area contributed by atoms with E-state index in [1.54, 1.807) is 6.20 Å². The van der Waals surface area contributed by atoms with Gasteiger partial charge in [0.1, 0.15) is 6.10 Å². The number of fused-ring (bicyclic) bond motifs is 1. The average molecular weight is 242 g/mol. The van der Waals surface area contributed by atoms with Crippen LogP contribution in [0.1, 0.15) is 30.1 Å². The fourth-order valence-electron chi connectivity index (χ4n) is 2.16. The SMILES string of the molecule is OC(CNC1CCCc2cccnc21)C(F)F. The zero-order valence-electron chi connectivity index (χ0n) is 9.44. The van der Waals surface area contributed by atoms with E-state index in [0.29, 0.717) is 0 Å². The van der Waals surface area contributed by atoms with Crippen LogP contribution in [0.3, 0.4) is 0 Å². The third-order valence-corrected chi connectivity index (χ3v) is 3.06. The van der Waals surface area contributed by atoms with Gasteiger partial charge >= 0.3 is 0 Å². The van der Waals surface area contributed by atoms with Gasteiger partial charge < -0.3 is 10.4 Å². The number of hydrogen-bond acceptors (Lipinski definition) is 3. The Balaban J connectivity index is 1.99. The molecule has 1 aliphatic carbocycles. The standard InChI is InChI=1S/C12H16F2N2O/c13-12(14)10(17)7-16-9-5-1-3-8-4-2-6-15-11(8)9/h2,4,6,9-10,12,16-17H,1,3,5,7H2. The van der Waals surface area contributed by atoms with E-state index in [1.165, 1.54) is 5.56 Å². The Kier molecular flexibility index (Phi) is 4.02. The van der Waals surface area contributed by atoms with Crippen LogP contribution >= 0.6 is 0 Å². The lowest BCUT2D eigenvalue weighted by molar-refractivity contribution is -0.00497. The van der Waals surface area contributed by atoms with E-state index in [-0.39, 0.29) is 12.6 Å². The first-order valence-corrected chi connectivity index (χ1v) is 5.82. The van der Waals surface area contributed by atoms with Crippen molar-refractivity contribution in [2.45, 2.75) is 37.8 Å². The zero-order valence-corrected chi connectivity index (χ0v) is 9.44. The fourth-order valence-corrected chi connectivity index (χ4v) is 2.16. The first kappa shape index (κ1) is 12.4. The lowest BCUT2D eigenvalue weighted by Gasteiger charge is -2.26. The number of halogens is 2. The number of aliphatic hydroxyl groups is 1. The summed E-state index contributed by atoms with van der Waals surface area (Å²) in [6, 6.07) is 3.88. The Bertz CT molecular complexity index is 373. The molecule has 3 nitrogen and oxygen atoms in total. The van der Waals surface area contributed by atoms with E-state index in [0.717, 1.165) is 25.0 Å². The predicted octanol–water partition coefficient (Wildman–Crippen LogP) is 1.67. The number of rotatable bonds is 4. The third-order valence-electron chi connectivity index (χ3n) is 3.06. The van der Waals surface area contributed by atoms with Gasteiger partial charge in [-0.05, 0) is 30.9 Å². The van der Waals surface area contributed by atoms with E-state index >= 15 is 0 Å². The van der Waals surface area contributed by atoms with Crippen molar-refractivity contribution in [2.75, 3.05) is 6.54 Å². The highest BCUT2D eigenvalue weighted by atomic mass is 19.3. The van der Waals surface area contributed by atoms with Crippen molar-refractivity contribution in [3.05, 3.63) is 29.6 Å². The minimum Gasteiger partial charge on any atom is -0.386 e. The van der Waals surface area contributed by atoms with Crippen LogP contribution < -0.4 is 5.32 Å². The van der Waals surface area contributed by atoms with Crippen LogP contribution in [0.2, 0.25) is 0 Å². The maximum absolute atomic E-state index is 12.2. The number of nitrogens with zero attached hydrogens (tertiary/aromatic N) is 1. The number of hydrogen-bond donors (Lipinski definition) is 2. The molecule has 2 atom stereocenters. The Labute approximate surface area is 98.9 Å². The molecule has 1 aromatic rings. The largest absolute Gasteiger partial charge is 0.386 e. The summed E-state index contributed by atoms with van der Waals surface area (Å²) in [4.78, 5) is 4.29. The van der Waals surface area contributed by atoms with Gasteiger partial charge in [0.2, 0.25) is 0 Å². The maximum Gasteiger partial charge on any atom is 0.265 e. The first-order chi connectivity index (χ1) is 8.18. The van der Waals surface area contributed by atoms with Crippen LogP contribution in [0, 0.1) is 0 Å². The smallest absolute Gasteiger partial charge is 0.265 e. The third kappa shape index (κ3) is 2.98. The lowest BCUT2D eigenvalue weighted by Crippen LogP contribution is -2.36. The van der Waals surface area contributed by atoms with Gasteiger partial charge in [-0.1, -0.05) is 6.07 Å². The second-order valence-corrected chi connectivity index (χ2v) is 4.30. The minimum absolute atomic E-state index is 0.0200. The summed E-state index contributed by atoms with van der Waals surface area (Å²) in [6.07, 6.45) is 0.278. The first-order valence-electron chi connectivity index (χ1n) is 5.82. The number of aromatic nitrogens is 1. The Morgan fingerprint density at radius 1 is 1.53 bits per heavy atom. The summed E-state index contributed by atoms with van der Waals surface area (Å²) in [7, 11) is 0. The highest BCUT2D eigenvalue weighted by Gasteiger charge is 2.23. The number of aryl methyl sites for hydroxylation is 1. The molecule has 2 N–H and O–H groups in total. The molecule has 0 saturated heterocycles. The lowest BCUT2D eigenvalue weighted by atomic mass is 9.92. The summed E-state index contributed by atoms with van der Waals surface area (Å²) in [5.41, 5.74) is 2.10. The molecular formula is C12H16F2N2O. The van der Waals surface area contributed by atoms with Gasteiger partial charge in [-0.15, -0.1) is 0 Å². The van der Waals surface area contributed by atoms with Crippen molar-refractivity contribution in [3.63, 3.8) is 0 Å². The highest BCUT2D eigenvalue weighted by molar-refractivity contribution is 5.25. The zero-order chi connectivity index (χ0) is 12.3. The number of nitrogens with one attached hydrogen (secondary N) is 1. The summed E-state index contributed by atoms with van der Waals surface area (Å²) >= 11 is 0. The van der Waals surface area contributed by atoms with Gasteiger partial charge in [0.25, 0.3) is 6.43 Å². The fraction of sp³-hybridized carbons (Fsp3) is 0.583. The Morgan fingerprint density at radius 2 is 2.35 bits per heavy atom. The van der Waals surface area contributed by atoms with Gasteiger partial charge in [0.15, 0.2) is 0 Å². The molecule has 1 aromatic heterocycles. The molecule has 2 rings (SSSR count). The highest BCUT2D eigenvalue weighted by Crippen LogP contribution is 2.27. The van der Waals surface area contributed by atoms with Crippen molar-refractivity contribution in [3.8, 4) is 0 Å². The Hall–Kier alpha value is -1.07. The number of alkyl halides is 2. The Morgan fingerprint density at radius 3 is 3.12 bits per heavy atom. The van der Waals surface area contributed by atoms with E-state index in [2.05, 4.69) is 10.3 Å². The second-order valence-electron chi connectivity index (χ2n) is 4.30. The van der Waals surface area contributed by atoms with Crippen LogP contribution in [-0.4, -0.2) is 29.2 Å².